The summed E-state index contributed by atoms with van der Waals surface area (Å²) in [5, 5.41) is 4.29. The molecule has 0 amide bonds. The molecule has 3 rings (SSSR count). The van der Waals surface area contributed by atoms with E-state index in [1.807, 2.05) is 25.9 Å². The molecule has 29 heavy (non-hydrogen) atoms. The van der Waals surface area contributed by atoms with Gasteiger partial charge in [0.15, 0.2) is 5.82 Å². The highest BCUT2D eigenvalue weighted by molar-refractivity contribution is 7.89. The van der Waals surface area contributed by atoms with Crippen molar-refractivity contribution in [2.24, 2.45) is 0 Å². The third-order valence-electron chi connectivity index (χ3n) is 4.66. The summed E-state index contributed by atoms with van der Waals surface area (Å²) in [4.78, 5) is 17.3. The third kappa shape index (κ3) is 4.65. The van der Waals surface area contributed by atoms with E-state index in [1.54, 1.807) is 23.4 Å². The van der Waals surface area contributed by atoms with Gasteiger partial charge >= 0.3 is 0 Å². The van der Waals surface area contributed by atoms with Crippen LogP contribution in [0.5, 0.6) is 0 Å². The maximum Gasteiger partial charge on any atom is 0.244 e. The quantitative estimate of drug-likeness (QED) is 0.659. The van der Waals surface area contributed by atoms with Crippen LogP contribution in [0, 0.1) is 13.8 Å². The lowest BCUT2D eigenvalue weighted by Gasteiger charge is -2.27. The van der Waals surface area contributed by atoms with Gasteiger partial charge in [0.05, 0.1) is 31.1 Å². The van der Waals surface area contributed by atoms with E-state index in [-0.39, 0.29) is 11.4 Å². The molecule has 0 atom stereocenters. The SMILES string of the molecule is CCn1nc(C)c(S(=O)(=O)NCc2nc(N(C)C)nc(N3CCOCC3)n2)c1C. The molecule has 2 aromatic rings. The third-order valence-corrected chi connectivity index (χ3v) is 6.31. The normalized spacial score (nSPS) is 15.0. The highest BCUT2D eigenvalue weighted by Crippen LogP contribution is 2.20. The largest absolute Gasteiger partial charge is 0.378 e. The Morgan fingerprint density at radius 3 is 2.41 bits per heavy atom. The number of rotatable bonds is 7. The minimum absolute atomic E-state index is 0.0424. The standard InChI is InChI=1S/C17H28N8O3S/c1-6-25-13(3)15(12(2)22-25)29(26,27)18-11-14-19-16(23(4)5)21-17(20-14)24-7-9-28-10-8-24/h18H,6-11H2,1-5H3. The second kappa shape index (κ2) is 8.59. The average molecular weight is 425 g/mol. The number of aryl methyl sites for hydroxylation is 2. The minimum Gasteiger partial charge on any atom is -0.378 e. The van der Waals surface area contributed by atoms with Crippen LogP contribution in [0.2, 0.25) is 0 Å². The van der Waals surface area contributed by atoms with E-state index in [1.165, 1.54) is 0 Å². The number of hydrogen-bond acceptors (Lipinski definition) is 9. The van der Waals surface area contributed by atoms with Crippen molar-refractivity contribution >= 4 is 21.9 Å². The number of anilines is 2. The molecule has 0 aromatic carbocycles. The van der Waals surface area contributed by atoms with Crippen LogP contribution in [0.3, 0.4) is 0 Å². The van der Waals surface area contributed by atoms with Crippen molar-refractivity contribution in [2.75, 3.05) is 50.2 Å². The zero-order valence-electron chi connectivity index (χ0n) is 17.5. The summed E-state index contributed by atoms with van der Waals surface area (Å²) < 4.78 is 35.5. The molecule has 0 radical (unpaired) electrons. The Labute approximate surface area is 171 Å². The first-order valence-corrected chi connectivity index (χ1v) is 11.0. The number of hydrogen-bond donors (Lipinski definition) is 1. The molecule has 11 nitrogen and oxygen atoms in total. The lowest BCUT2D eigenvalue weighted by molar-refractivity contribution is 0.122. The fourth-order valence-electron chi connectivity index (χ4n) is 3.19. The van der Waals surface area contributed by atoms with Gasteiger partial charge < -0.3 is 14.5 Å². The predicted molar refractivity (Wildman–Crippen MR) is 109 cm³/mol. The topological polar surface area (TPSA) is 118 Å². The van der Waals surface area contributed by atoms with Crippen LogP contribution < -0.4 is 14.5 Å². The van der Waals surface area contributed by atoms with Gasteiger partial charge in [-0.15, -0.1) is 0 Å². The Bertz CT molecular complexity index is 967. The van der Waals surface area contributed by atoms with Crippen molar-refractivity contribution in [1.82, 2.24) is 29.5 Å². The van der Waals surface area contributed by atoms with Crippen LogP contribution in [-0.4, -0.2) is 73.5 Å². The lowest BCUT2D eigenvalue weighted by Crippen LogP contribution is -2.38. The highest BCUT2D eigenvalue weighted by Gasteiger charge is 2.25. The molecule has 1 N–H and O–H groups in total. The van der Waals surface area contributed by atoms with Gasteiger partial charge in [0.25, 0.3) is 0 Å². The average Bonchev–Trinajstić information content (AvgIpc) is 3.01. The van der Waals surface area contributed by atoms with Crippen molar-refractivity contribution in [3.8, 4) is 0 Å². The van der Waals surface area contributed by atoms with Crippen LogP contribution in [0.1, 0.15) is 24.1 Å². The molecule has 0 spiro atoms. The summed E-state index contributed by atoms with van der Waals surface area (Å²) in [5.41, 5.74) is 1.08. The lowest BCUT2D eigenvalue weighted by atomic mass is 10.4. The predicted octanol–water partition coefficient (Wildman–Crippen LogP) is 0.0859. The first-order valence-electron chi connectivity index (χ1n) is 9.51. The van der Waals surface area contributed by atoms with Gasteiger partial charge in [-0.25, -0.2) is 13.1 Å². The number of ether oxygens (including phenoxy) is 1. The number of morpholine rings is 1. The first kappa shape index (κ1) is 21.4. The van der Waals surface area contributed by atoms with Crippen LogP contribution >= 0.6 is 0 Å². The summed E-state index contributed by atoms with van der Waals surface area (Å²) in [7, 11) is -0.0977. The van der Waals surface area contributed by atoms with Crippen molar-refractivity contribution in [3.63, 3.8) is 0 Å². The molecule has 1 saturated heterocycles. The summed E-state index contributed by atoms with van der Waals surface area (Å²) in [6.45, 7) is 8.48. The van der Waals surface area contributed by atoms with Crippen LogP contribution in [0.4, 0.5) is 11.9 Å². The molecule has 1 aliphatic rings. The van der Waals surface area contributed by atoms with Gasteiger partial charge in [0.2, 0.25) is 21.9 Å². The summed E-state index contributed by atoms with van der Waals surface area (Å²) in [6.07, 6.45) is 0. The maximum atomic E-state index is 12.9. The number of sulfonamides is 1. The number of aromatic nitrogens is 5. The zero-order valence-corrected chi connectivity index (χ0v) is 18.3. The Morgan fingerprint density at radius 1 is 1.14 bits per heavy atom. The van der Waals surface area contributed by atoms with Gasteiger partial charge in [0.1, 0.15) is 4.90 Å². The van der Waals surface area contributed by atoms with Crippen molar-refractivity contribution < 1.29 is 13.2 Å². The summed E-state index contributed by atoms with van der Waals surface area (Å²) >= 11 is 0. The van der Waals surface area contributed by atoms with E-state index >= 15 is 0 Å². The monoisotopic (exact) mass is 424 g/mol. The highest BCUT2D eigenvalue weighted by atomic mass is 32.2. The van der Waals surface area contributed by atoms with Crippen LogP contribution in [0.15, 0.2) is 4.90 Å². The molecule has 160 valence electrons. The van der Waals surface area contributed by atoms with E-state index in [4.69, 9.17) is 4.74 Å². The molecule has 0 bridgehead atoms. The van der Waals surface area contributed by atoms with Gasteiger partial charge in [-0.2, -0.15) is 20.1 Å². The van der Waals surface area contributed by atoms with Crippen LogP contribution in [-0.2, 0) is 27.8 Å². The van der Waals surface area contributed by atoms with Gasteiger partial charge in [0, 0.05) is 33.7 Å². The zero-order chi connectivity index (χ0) is 21.2. The van der Waals surface area contributed by atoms with Crippen molar-refractivity contribution in [3.05, 3.63) is 17.2 Å². The van der Waals surface area contributed by atoms with Gasteiger partial charge in [-0.05, 0) is 20.8 Å². The minimum atomic E-state index is -3.76. The molecule has 2 aromatic heterocycles. The second-order valence-corrected chi connectivity index (χ2v) is 8.69. The molecule has 12 heteroatoms. The maximum absolute atomic E-state index is 12.9. The molecule has 0 saturated carbocycles. The molecule has 3 heterocycles. The first-order chi connectivity index (χ1) is 13.7. The smallest absolute Gasteiger partial charge is 0.244 e. The molecule has 1 aliphatic heterocycles. The second-order valence-electron chi connectivity index (χ2n) is 6.99. The van der Waals surface area contributed by atoms with Gasteiger partial charge in [-0.1, -0.05) is 0 Å². The summed E-state index contributed by atoms with van der Waals surface area (Å²) in [5.74, 6) is 1.35. The Hall–Kier alpha value is -2.31. The van der Waals surface area contributed by atoms with Crippen molar-refractivity contribution in [1.29, 1.82) is 0 Å². The Morgan fingerprint density at radius 2 is 1.83 bits per heavy atom. The summed E-state index contributed by atoms with van der Waals surface area (Å²) in [6, 6.07) is 0. The molecule has 1 fully saturated rings. The van der Waals surface area contributed by atoms with Gasteiger partial charge in [-0.3, -0.25) is 4.68 Å². The Kier molecular flexibility index (Phi) is 6.34. The fourth-order valence-corrected chi connectivity index (χ4v) is 4.58. The van der Waals surface area contributed by atoms with E-state index in [0.717, 1.165) is 0 Å². The molecular formula is C17H28N8O3S. The molecule has 0 aliphatic carbocycles. The fraction of sp³-hybridized carbons (Fsp3) is 0.647. The van der Waals surface area contributed by atoms with E-state index in [9.17, 15) is 8.42 Å². The molecule has 0 unspecified atom stereocenters. The van der Waals surface area contributed by atoms with Crippen LogP contribution in [0.25, 0.3) is 0 Å². The van der Waals surface area contributed by atoms with E-state index in [2.05, 4.69) is 24.8 Å². The molecular weight excluding hydrogens is 396 g/mol. The number of nitrogens with zero attached hydrogens (tertiary/aromatic N) is 7. The van der Waals surface area contributed by atoms with E-state index < -0.39 is 10.0 Å². The Balaban J connectivity index is 1.86. The van der Waals surface area contributed by atoms with E-state index in [0.29, 0.717) is 62.0 Å². The van der Waals surface area contributed by atoms with Crippen molar-refractivity contribution in [2.45, 2.75) is 38.8 Å². The number of nitrogens with one attached hydrogen (secondary N) is 1.